The van der Waals surface area contributed by atoms with E-state index >= 15 is 0 Å². The average molecular weight is 262 g/mol. The highest BCUT2D eigenvalue weighted by atomic mass is 15.3. The van der Waals surface area contributed by atoms with E-state index in [9.17, 15) is 0 Å². The Balaban J connectivity index is 1.69. The van der Waals surface area contributed by atoms with Gasteiger partial charge in [0.2, 0.25) is 0 Å². The van der Waals surface area contributed by atoms with E-state index in [0.29, 0.717) is 16.9 Å². The van der Waals surface area contributed by atoms with Gasteiger partial charge in [0.1, 0.15) is 0 Å². The summed E-state index contributed by atoms with van der Waals surface area (Å²) in [5.74, 6) is 0.970. The highest BCUT2D eigenvalue weighted by Gasteiger charge is 2.63. The van der Waals surface area contributed by atoms with E-state index < -0.39 is 0 Å². The van der Waals surface area contributed by atoms with Gasteiger partial charge in [-0.15, -0.1) is 0 Å². The number of fused-ring (bicyclic) bond motifs is 4. The van der Waals surface area contributed by atoms with Crippen LogP contribution in [0.25, 0.3) is 0 Å². The van der Waals surface area contributed by atoms with Crippen molar-refractivity contribution in [2.75, 3.05) is 0 Å². The summed E-state index contributed by atoms with van der Waals surface area (Å²) >= 11 is 0. The zero-order valence-electron chi connectivity index (χ0n) is 12.9. The Morgan fingerprint density at radius 3 is 2.16 bits per heavy atom. The smallest absolute Gasteiger partial charge is 0.0209 e. The van der Waals surface area contributed by atoms with Gasteiger partial charge in [-0.05, 0) is 61.7 Å². The topological polar surface area (TPSA) is 29.3 Å². The summed E-state index contributed by atoms with van der Waals surface area (Å²) in [4.78, 5) is 2.97. The van der Waals surface area contributed by atoms with Crippen molar-refractivity contribution in [2.24, 2.45) is 22.5 Å². The van der Waals surface area contributed by atoms with E-state index in [-0.39, 0.29) is 0 Å². The molecule has 2 aliphatic carbocycles. The van der Waals surface area contributed by atoms with E-state index in [0.717, 1.165) is 24.0 Å². The predicted octanol–water partition coefficient (Wildman–Crippen LogP) is 3.16. The van der Waals surface area contributed by atoms with Gasteiger partial charge in [-0.3, -0.25) is 4.90 Å². The highest BCUT2D eigenvalue weighted by Crippen LogP contribution is 2.65. The summed E-state index contributed by atoms with van der Waals surface area (Å²) < 4.78 is 0. The van der Waals surface area contributed by atoms with Gasteiger partial charge >= 0.3 is 0 Å². The molecule has 2 heterocycles. The second-order valence-electron chi connectivity index (χ2n) is 8.88. The first-order valence-corrected chi connectivity index (χ1v) is 8.45. The molecule has 108 valence electrons. The van der Waals surface area contributed by atoms with Gasteiger partial charge < -0.3 is 5.73 Å². The summed E-state index contributed by atoms with van der Waals surface area (Å²) in [5, 5.41) is 0. The van der Waals surface area contributed by atoms with Gasteiger partial charge in [0.05, 0.1) is 0 Å². The van der Waals surface area contributed by atoms with Gasteiger partial charge in [0, 0.05) is 24.2 Å². The lowest BCUT2D eigenvalue weighted by Gasteiger charge is -2.53. The van der Waals surface area contributed by atoms with Crippen LogP contribution in [0.5, 0.6) is 0 Å². The molecule has 4 fully saturated rings. The number of rotatable bonds is 1. The summed E-state index contributed by atoms with van der Waals surface area (Å²) in [6, 6.07) is 2.90. The van der Waals surface area contributed by atoms with Crippen LogP contribution in [0.2, 0.25) is 0 Å². The molecule has 4 rings (SSSR count). The van der Waals surface area contributed by atoms with E-state index in [1.54, 1.807) is 0 Å². The molecule has 2 heteroatoms. The number of hydrogen-bond acceptors (Lipinski definition) is 2. The molecule has 2 N–H and O–H groups in total. The van der Waals surface area contributed by atoms with Gasteiger partial charge in [-0.1, -0.05) is 20.8 Å². The molecule has 0 radical (unpaired) electrons. The van der Waals surface area contributed by atoms with Gasteiger partial charge in [0.15, 0.2) is 0 Å². The normalized spacial score (nSPS) is 55.9. The van der Waals surface area contributed by atoms with Crippen LogP contribution in [-0.2, 0) is 0 Å². The van der Waals surface area contributed by atoms with Crippen molar-refractivity contribution in [2.45, 2.75) is 89.9 Å². The summed E-state index contributed by atoms with van der Waals surface area (Å²) in [6.07, 6.45) is 9.74. The fraction of sp³-hybridized carbons (Fsp3) is 1.00. The van der Waals surface area contributed by atoms with E-state index in [4.69, 9.17) is 5.73 Å². The Bertz CT molecular complexity index is 372. The van der Waals surface area contributed by atoms with Crippen molar-refractivity contribution < 1.29 is 0 Å². The minimum Gasteiger partial charge on any atom is -0.328 e. The van der Waals surface area contributed by atoms with E-state index in [2.05, 4.69) is 25.7 Å². The third kappa shape index (κ3) is 1.56. The minimum atomic E-state index is 0.475. The largest absolute Gasteiger partial charge is 0.328 e. The van der Waals surface area contributed by atoms with Crippen molar-refractivity contribution >= 4 is 0 Å². The molecule has 2 saturated heterocycles. The highest BCUT2D eigenvalue weighted by molar-refractivity contribution is 5.16. The first-order valence-electron chi connectivity index (χ1n) is 8.45. The maximum atomic E-state index is 6.27. The first kappa shape index (κ1) is 12.6. The van der Waals surface area contributed by atoms with Crippen LogP contribution in [-0.4, -0.2) is 29.1 Å². The minimum absolute atomic E-state index is 0.475. The molecule has 0 aromatic carbocycles. The van der Waals surface area contributed by atoms with Gasteiger partial charge in [-0.25, -0.2) is 0 Å². The van der Waals surface area contributed by atoms with Crippen LogP contribution in [0.15, 0.2) is 0 Å². The zero-order chi connectivity index (χ0) is 13.4. The number of nitrogens with two attached hydrogens (primary N) is 1. The molecule has 0 aromatic heterocycles. The first-order chi connectivity index (χ1) is 8.92. The predicted molar refractivity (Wildman–Crippen MR) is 78.9 cm³/mol. The quantitative estimate of drug-likeness (QED) is 0.786. The molecule has 5 atom stereocenters. The Labute approximate surface area is 118 Å². The molecular formula is C17H30N2. The second-order valence-corrected chi connectivity index (χ2v) is 8.88. The number of piperidine rings is 1. The van der Waals surface area contributed by atoms with Gasteiger partial charge in [0.25, 0.3) is 0 Å². The van der Waals surface area contributed by atoms with Crippen LogP contribution < -0.4 is 5.73 Å². The van der Waals surface area contributed by atoms with Crippen molar-refractivity contribution in [3.05, 3.63) is 0 Å². The molecule has 2 aliphatic heterocycles. The molecule has 2 saturated carbocycles. The lowest BCUT2D eigenvalue weighted by atomic mass is 9.66. The SMILES string of the molecule is CC12CCC(C1)C(C)(C)C2N1C2CCC1CC(N)C2. The van der Waals surface area contributed by atoms with E-state index in [1.807, 2.05) is 0 Å². The molecule has 4 bridgehead atoms. The van der Waals surface area contributed by atoms with Crippen molar-refractivity contribution in [1.29, 1.82) is 0 Å². The van der Waals surface area contributed by atoms with Crippen LogP contribution in [0.4, 0.5) is 0 Å². The van der Waals surface area contributed by atoms with Crippen molar-refractivity contribution in [3.63, 3.8) is 0 Å². The van der Waals surface area contributed by atoms with E-state index in [1.165, 1.54) is 44.9 Å². The summed E-state index contributed by atoms with van der Waals surface area (Å²) in [5.41, 5.74) is 7.38. The molecule has 4 aliphatic rings. The Morgan fingerprint density at radius 1 is 1.00 bits per heavy atom. The van der Waals surface area contributed by atoms with Gasteiger partial charge in [-0.2, -0.15) is 0 Å². The second kappa shape index (κ2) is 3.76. The van der Waals surface area contributed by atoms with Crippen LogP contribution in [0.1, 0.15) is 65.7 Å². The summed E-state index contributed by atoms with van der Waals surface area (Å²) in [7, 11) is 0. The summed E-state index contributed by atoms with van der Waals surface area (Å²) in [6.45, 7) is 7.70. The maximum absolute atomic E-state index is 6.27. The maximum Gasteiger partial charge on any atom is 0.0209 e. The standard InChI is InChI=1S/C17H30N2/c1-16(2)11-6-7-17(3,10-11)15(16)19-13-4-5-14(19)9-12(18)8-13/h11-15H,4-10,18H2,1-3H3. The molecule has 0 aromatic rings. The number of hydrogen-bond donors (Lipinski definition) is 1. The van der Waals surface area contributed by atoms with Crippen molar-refractivity contribution in [3.8, 4) is 0 Å². The Morgan fingerprint density at radius 2 is 1.63 bits per heavy atom. The molecule has 19 heavy (non-hydrogen) atoms. The fourth-order valence-corrected chi connectivity index (χ4v) is 6.70. The Hall–Kier alpha value is -0.0800. The average Bonchev–Trinajstić information content (AvgIpc) is 2.86. The Kier molecular flexibility index (Phi) is 2.50. The fourth-order valence-electron chi connectivity index (χ4n) is 6.70. The third-order valence-electron chi connectivity index (χ3n) is 7.32. The van der Waals surface area contributed by atoms with Crippen LogP contribution in [0, 0.1) is 16.7 Å². The molecule has 0 spiro atoms. The lowest BCUT2D eigenvalue weighted by molar-refractivity contribution is -0.0444. The zero-order valence-corrected chi connectivity index (χ0v) is 12.9. The third-order valence-corrected chi connectivity index (χ3v) is 7.32. The van der Waals surface area contributed by atoms with Crippen molar-refractivity contribution in [1.82, 2.24) is 4.90 Å². The molecule has 2 nitrogen and oxygen atoms in total. The monoisotopic (exact) mass is 262 g/mol. The van der Waals surface area contributed by atoms with Crippen LogP contribution >= 0.6 is 0 Å². The lowest BCUT2D eigenvalue weighted by Crippen LogP contribution is -2.60. The molecule has 0 amide bonds. The number of nitrogens with zero attached hydrogens (tertiary/aromatic N) is 1. The van der Waals surface area contributed by atoms with Crippen LogP contribution in [0.3, 0.4) is 0 Å². The molecule has 5 unspecified atom stereocenters. The molecular weight excluding hydrogens is 232 g/mol.